The molecule has 1 aromatic rings. The molecule has 0 spiro atoms. The number of rotatable bonds is 4. The second-order valence-corrected chi connectivity index (χ2v) is 3.52. The van der Waals surface area contributed by atoms with Crippen molar-refractivity contribution in [3.63, 3.8) is 0 Å². The molecule has 1 aromatic heterocycles. The molecule has 0 saturated heterocycles. The standard InChI is InChI=1S/C8H12O3S/c9-4-3-6(10)8(11)7-2-1-5-12-7/h1-2,5-6,8-11H,3-4H2. The van der Waals surface area contributed by atoms with Crippen molar-refractivity contribution in [2.45, 2.75) is 18.6 Å². The Hall–Kier alpha value is -0.420. The largest absolute Gasteiger partial charge is 0.396 e. The molecule has 0 aromatic carbocycles. The smallest absolute Gasteiger partial charge is 0.114 e. The minimum absolute atomic E-state index is 0.108. The highest BCUT2D eigenvalue weighted by molar-refractivity contribution is 7.10. The van der Waals surface area contributed by atoms with Crippen LogP contribution in [0.5, 0.6) is 0 Å². The summed E-state index contributed by atoms with van der Waals surface area (Å²) in [7, 11) is 0. The summed E-state index contributed by atoms with van der Waals surface area (Å²) < 4.78 is 0. The van der Waals surface area contributed by atoms with Crippen LogP contribution < -0.4 is 0 Å². The van der Waals surface area contributed by atoms with Crippen molar-refractivity contribution in [3.8, 4) is 0 Å². The molecule has 0 fully saturated rings. The summed E-state index contributed by atoms with van der Waals surface area (Å²) >= 11 is 1.39. The van der Waals surface area contributed by atoms with Crippen molar-refractivity contribution in [2.24, 2.45) is 0 Å². The van der Waals surface area contributed by atoms with Gasteiger partial charge in [-0.3, -0.25) is 0 Å². The predicted octanol–water partition coefficient (Wildman–Crippen LogP) is 0.525. The SMILES string of the molecule is OCCC(O)C(O)c1cccs1. The third kappa shape index (κ3) is 2.28. The van der Waals surface area contributed by atoms with Gasteiger partial charge in [-0.25, -0.2) is 0 Å². The molecule has 2 unspecified atom stereocenters. The molecule has 0 saturated carbocycles. The van der Waals surface area contributed by atoms with Crippen LogP contribution in [0.2, 0.25) is 0 Å². The Morgan fingerprint density at radius 3 is 2.67 bits per heavy atom. The van der Waals surface area contributed by atoms with Gasteiger partial charge in [0, 0.05) is 11.5 Å². The molecule has 12 heavy (non-hydrogen) atoms. The Kier molecular flexibility index (Phi) is 3.68. The molecule has 0 aliphatic heterocycles. The first-order valence-electron chi connectivity index (χ1n) is 3.76. The van der Waals surface area contributed by atoms with Crippen LogP contribution in [0.3, 0.4) is 0 Å². The number of hydrogen-bond acceptors (Lipinski definition) is 4. The monoisotopic (exact) mass is 188 g/mol. The molecule has 1 rings (SSSR count). The Labute approximate surface area is 74.9 Å². The van der Waals surface area contributed by atoms with Crippen LogP contribution in [-0.4, -0.2) is 28.0 Å². The molecule has 1 heterocycles. The van der Waals surface area contributed by atoms with E-state index in [9.17, 15) is 10.2 Å². The number of aliphatic hydroxyl groups is 3. The summed E-state index contributed by atoms with van der Waals surface area (Å²) in [5.74, 6) is 0. The van der Waals surface area contributed by atoms with E-state index >= 15 is 0 Å². The van der Waals surface area contributed by atoms with E-state index < -0.39 is 12.2 Å². The first-order valence-corrected chi connectivity index (χ1v) is 4.64. The second kappa shape index (κ2) is 4.57. The summed E-state index contributed by atoms with van der Waals surface area (Å²) in [6.45, 7) is -0.108. The first-order chi connectivity index (χ1) is 5.75. The highest BCUT2D eigenvalue weighted by atomic mass is 32.1. The van der Waals surface area contributed by atoms with Crippen LogP contribution in [0.25, 0.3) is 0 Å². The van der Waals surface area contributed by atoms with Crippen LogP contribution in [0.4, 0.5) is 0 Å². The van der Waals surface area contributed by atoms with Gasteiger partial charge in [-0.2, -0.15) is 0 Å². The van der Waals surface area contributed by atoms with Crippen molar-refractivity contribution in [3.05, 3.63) is 22.4 Å². The molecule has 0 radical (unpaired) electrons. The van der Waals surface area contributed by atoms with E-state index in [-0.39, 0.29) is 13.0 Å². The lowest BCUT2D eigenvalue weighted by atomic mass is 10.1. The maximum absolute atomic E-state index is 9.46. The summed E-state index contributed by atoms with van der Waals surface area (Å²) in [5, 5.41) is 29.1. The normalized spacial score (nSPS) is 15.9. The summed E-state index contributed by atoms with van der Waals surface area (Å²) in [6.07, 6.45) is -1.52. The fourth-order valence-electron chi connectivity index (χ4n) is 0.939. The molecule has 4 heteroatoms. The zero-order valence-corrected chi connectivity index (χ0v) is 7.37. The van der Waals surface area contributed by atoms with Gasteiger partial charge < -0.3 is 15.3 Å². The van der Waals surface area contributed by atoms with Crippen LogP contribution >= 0.6 is 11.3 Å². The minimum atomic E-state index is -0.867. The maximum atomic E-state index is 9.46. The first kappa shape index (κ1) is 9.67. The summed E-state index contributed by atoms with van der Waals surface area (Å²) in [5.41, 5.74) is 0. The lowest BCUT2D eigenvalue weighted by molar-refractivity contribution is 0.00618. The minimum Gasteiger partial charge on any atom is -0.396 e. The van der Waals surface area contributed by atoms with Crippen molar-refractivity contribution in [1.29, 1.82) is 0 Å². The zero-order chi connectivity index (χ0) is 8.97. The third-order valence-corrected chi connectivity index (χ3v) is 2.57. The van der Waals surface area contributed by atoms with E-state index in [1.807, 2.05) is 11.4 Å². The third-order valence-electron chi connectivity index (χ3n) is 1.62. The van der Waals surface area contributed by atoms with Gasteiger partial charge in [0.1, 0.15) is 6.10 Å². The van der Waals surface area contributed by atoms with Crippen LogP contribution in [-0.2, 0) is 0 Å². The van der Waals surface area contributed by atoms with Gasteiger partial charge in [0.2, 0.25) is 0 Å². The lowest BCUT2D eigenvalue weighted by Crippen LogP contribution is -2.18. The Morgan fingerprint density at radius 2 is 2.17 bits per heavy atom. The quantitative estimate of drug-likeness (QED) is 0.645. The topological polar surface area (TPSA) is 60.7 Å². The molecule has 0 amide bonds. The van der Waals surface area contributed by atoms with Crippen LogP contribution in [0.15, 0.2) is 17.5 Å². The van der Waals surface area contributed by atoms with Crippen molar-refractivity contribution in [2.75, 3.05) is 6.61 Å². The number of aliphatic hydroxyl groups excluding tert-OH is 3. The van der Waals surface area contributed by atoms with E-state index in [1.165, 1.54) is 11.3 Å². The second-order valence-electron chi connectivity index (χ2n) is 2.54. The van der Waals surface area contributed by atoms with Gasteiger partial charge in [-0.05, 0) is 17.9 Å². The van der Waals surface area contributed by atoms with E-state index in [0.717, 1.165) is 4.88 Å². The van der Waals surface area contributed by atoms with E-state index in [0.29, 0.717) is 0 Å². The Morgan fingerprint density at radius 1 is 1.42 bits per heavy atom. The van der Waals surface area contributed by atoms with Gasteiger partial charge in [-0.15, -0.1) is 11.3 Å². The van der Waals surface area contributed by atoms with Gasteiger partial charge in [-0.1, -0.05) is 6.07 Å². The van der Waals surface area contributed by atoms with E-state index in [2.05, 4.69) is 0 Å². The molecule has 3 N–H and O–H groups in total. The average Bonchev–Trinajstić information content (AvgIpc) is 2.55. The maximum Gasteiger partial charge on any atom is 0.114 e. The molecule has 0 aliphatic carbocycles. The molecule has 3 nitrogen and oxygen atoms in total. The zero-order valence-electron chi connectivity index (χ0n) is 6.55. The van der Waals surface area contributed by atoms with Crippen LogP contribution in [0, 0.1) is 0 Å². The lowest BCUT2D eigenvalue weighted by Gasteiger charge is -2.14. The fourth-order valence-corrected chi connectivity index (χ4v) is 1.71. The van der Waals surface area contributed by atoms with Crippen molar-refractivity contribution < 1.29 is 15.3 Å². The van der Waals surface area contributed by atoms with Crippen molar-refractivity contribution >= 4 is 11.3 Å². The predicted molar refractivity (Wildman–Crippen MR) is 47.0 cm³/mol. The van der Waals surface area contributed by atoms with E-state index in [1.54, 1.807) is 6.07 Å². The molecular formula is C8H12O3S. The Bertz CT molecular complexity index is 210. The molecular weight excluding hydrogens is 176 g/mol. The van der Waals surface area contributed by atoms with Crippen molar-refractivity contribution in [1.82, 2.24) is 0 Å². The molecule has 0 aliphatic rings. The number of thiophene rings is 1. The van der Waals surface area contributed by atoms with Gasteiger partial charge in [0.15, 0.2) is 0 Å². The summed E-state index contributed by atoms with van der Waals surface area (Å²) in [6, 6.07) is 3.57. The highest BCUT2D eigenvalue weighted by Gasteiger charge is 2.17. The summed E-state index contributed by atoms with van der Waals surface area (Å²) in [4.78, 5) is 0.732. The number of hydrogen-bond donors (Lipinski definition) is 3. The molecule has 68 valence electrons. The molecule has 0 bridgehead atoms. The fraction of sp³-hybridized carbons (Fsp3) is 0.500. The highest BCUT2D eigenvalue weighted by Crippen LogP contribution is 2.22. The van der Waals surface area contributed by atoms with E-state index in [4.69, 9.17) is 5.11 Å². The van der Waals surface area contributed by atoms with Gasteiger partial charge in [0.25, 0.3) is 0 Å². The Balaban J connectivity index is 2.53. The average molecular weight is 188 g/mol. The molecule has 2 atom stereocenters. The van der Waals surface area contributed by atoms with Crippen LogP contribution in [0.1, 0.15) is 17.4 Å². The van der Waals surface area contributed by atoms with Gasteiger partial charge >= 0.3 is 0 Å². The van der Waals surface area contributed by atoms with Gasteiger partial charge in [0.05, 0.1) is 6.10 Å².